The van der Waals surface area contributed by atoms with E-state index in [2.05, 4.69) is 10.3 Å². The van der Waals surface area contributed by atoms with Gasteiger partial charge in [-0.2, -0.15) is 0 Å². The quantitative estimate of drug-likeness (QED) is 0.755. The van der Waals surface area contributed by atoms with Gasteiger partial charge in [-0.25, -0.2) is 4.98 Å². The Labute approximate surface area is 157 Å². The van der Waals surface area contributed by atoms with Crippen LogP contribution in [-0.2, 0) is 4.79 Å². The smallest absolute Gasteiger partial charge is 0.252 e. The van der Waals surface area contributed by atoms with E-state index in [4.69, 9.17) is 4.42 Å². The maximum Gasteiger partial charge on any atom is 0.252 e. The fourth-order valence-electron chi connectivity index (χ4n) is 3.42. The summed E-state index contributed by atoms with van der Waals surface area (Å²) in [7, 11) is 0. The molecule has 2 amide bonds. The maximum absolute atomic E-state index is 12.8. The van der Waals surface area contributed by atoms with Gasteiger partial charge in [-0.3, -0.25) is 9.59 Å². The molecule has 1 aromatic carbocycles. The first-order valence-electron chi connectivity index (χ1n) is 9.22. The van der Waals surface area contributed by atoms with Crippen molar-refractivity contribution in [3.63, 3.8) is 0 Å². The zero-order chi connectivity index (χ0) is 18.6. The van der Waals surface area contributed by atoms with Gasteiger partial charge in [0.1, 0.15) is 5.69 Å². The molecule has 0 unspecified atom stereocenters. The van der Waals surface area contributed by atoms with Gasteiger partial charge in [-0.05, 0) is 37.1 Å². The number of aromatic nitrogens is 1. The lowest BCUT2D eigenvalue weighted by Crippen LogP contribution is -2.32. The third kappa shape index (κ3) is 3.69. The van der Waals surface area contributed by atoms with Gasteiger partial charge in [-0.15, -0.1) is 0 Å². The van der Waals surface area contributed by atoms with Gasteiger partial charge >= 0.3 is 0 Å². The average Bonchev–Trinajstić information content (AvgIpc) is 3.40. The Morgan fingerprint density at radius 1 is 1.11 bits per heavy atom. The lowest BCUT2D eigenvalue weighted by molar-refractivity contribution is -0.129. The van der Waals surface area contributed by atoms with E-state index in [9.17, 15) is 9.59 Å². The van der Waals surface area contributed by atoms with Crippen LogP contribution in [0.15, 0.2) is 53.1 Å². The summed E-state index contributed by atoms with van der Waals surface area (Å²) < 4.78 is 5.43. The number of rotatable bonds is 5. The topological polar surface area (TPSA) is 75.4 Å². The first-order chi connectivity index (χ1) is 13.2. The minimum Gasteiger partial charge on any atom is -0.463 e. The first kappa shape index (κ1) is 17.3. The summed E-state index contributed by atoms with van der Waals surface area (Å²) in [5.41, 5.74) is 1.86. The molecule has 1 aliphatic rings. The minimum absolute atomic E-state index is 0.101. The number of furan rings is 1. The number of nitrogens with one attached hydrogen (secondary N) is 1. The molecule has 1 fully saturated rings. The zero-order valence-corrected chi connectivity index (χ0v) is 15.0. The van der Waals surface area contributed by atoms with E-state index in [1.807, 2.05) is 35.2 Å². The molecule has 138 valence electrons. The van der Waals surface area contributed by atoms with Crippen molar-refractivity contribution in [2.24, 2.45) is 0 Å². The largest absolute Gasteiger partial charge is 0.463 e. The lowest BCUT2D eigenvalue weighted by Gasteiger charge is -2.15. The van der Waals surface area contributed by atoms with Crippen molar-refractivity contribution in [3.8, 4) is 11.5 Å². The summed E-state index contributed by atoms with van der Waals surface area (Å²) in [4.78, 5) is 31.4. The molecule has 0 spiro atoms. The van der Waals surface area contributed by atoms with Crippen LogP contribution in [0.25, 0.3) is 22.4 Å². The number of likely N-dealkylation sites (tertiary alicyclic amines) is 1. The predicted octanol–water partition coefficient (Wildman–Crippen LogP) is 3.24. The number of nitrogens with zero attached hydrogens (tertiary/aromatic N) is 2. The summed E-state index contributed by atoms with van der Waals surface area (Å²) in [6.07, 6.45) is 4.03. The third-order valence-electron chi connectivity index (χ3n) is 4.82. The van der Waals surface area contributed by atoms with Crippen molar-refractivity contribution in [1.29, 1.82) is 0 Å². The van der Waals surface area contributed by atoms with Gasteiger partial charge in [0, 0.05) is 31.4 Å². The Kier molecular flexibility index (Phi) is 4.87. The van der Waals surface area contributed by atoms with Crippen molar-refractivity contribution in [3.05, 3.63) is 54.3 Å². The molecule has 0 bridgehead atoms. The number of hydrogen-bond donors (Lipinski definition) is 1. The van der Waals surface area contributed by atoms with Crippen LogP contribution in [0.4, 0.5) is 0 Å². The van der Waals surface area contributed by atoms with E-state index in [0.717, 1.165) is 36.8 Å². The van der Waals surface area contributed by atoms with E-state index in [1.54, 1.807) is 18.4 Å². The fraction of sp³-hybridized carbons (Fsp3) is 0.286. The van der Waals surface area contributed by atoms with Crippen molar-refractivity contribution < 1.29 is 14.0 Å². The standard InChI is InChI=1S/C21H21N3O3/c25-20(24-11-3-4-12-24)9-10-22-21(26)16-14-18(19-8-5-13-27-19)23-17-7-2-1-6-15(16)17/h1-2,5-8,13-14H,3-4,9-12H2,(H,22,26). The zero-order valence-electron chi connectivity index (χ0n) is 15.0. The monoisotopic (exact) mass is 363 g/mol. The molecule has 2 aromatic heterocycles. The van der Waals surface area contributed by atoms with Crippen LogP contribution in [0.1, 0.15) is 29.6 Å². The Hall–Kier alpha value is -3.15. The van der Waals surface area contributed by atoms with Crippen LogP contribution in [0.5, 0.6) is 0 Å². The Morgan fingerprint density at radius 3 is 2.70 bits per heavy atom. The number of pyridine rings is 1. The number of fused-ring (bicyclic) bond motifs is 1. The van der Waals surface area contributed by atoms with Crippen molar-refractivity contribution in [2.75, 3.05) is 19.6 Å². The molecule has 0 atom stereocenters. The highest BCUT2D eigenvalue weighted by molar-refractivity contribution is 6.07. The van der Waals surface area contributed by atoms with E-state index in [1.165, 1.54) is 0 Å². The molecule has 4 rings (SSSR count). The maximum atomic E-state index is 12.8. The Bertz CT molecular complexity index is 960. The van der Waals surface area contributed by atoms with Crippen LogP contribution < -0.4 is 5.32 Å². The van der Waals surface area contributed by atoms with Crippen molar-refractivity contribution >= 4 is 22.7 Å². The van der Waals surface area contributed by atoms with E-state index in [0.29, 0.717) is 30.0 Å². The van der Waals surface area contributed by atoms with Gasteiger partial charge in [-0.1, -0.05) is 18.2 Å². The Balaban J connectivity index is 1.53. The number of benzene rings is 1. The lowest BCUT2D eigenvalue weighted by atomic mass is 10.1. The molecule has 3 aromatic rings. The molecule has 1 saturated heterocycles. The van der Waals surface area contributed by atoms with Gasteiger partial charge < -0.3 is 14.6 Å². The normalized spacial score (nSPS) is 13.9. The van der Waals surface area contributed by atoms with Crippen molar-refractivity contribution in [1.82, 2.24) is 15.2 Å². The highest BCUT2D eigenvalue weighted by atomic mass is 16.3. The minimum atomic E-state index is -0.212. The van der Waals surface area contributed by atoms with E-state index >= 15 is 0 Å². The summed E-state index contributed by atoms with van der Waals surface area (Å²) in [5.74, 6) is 0.498. The average molecular weight is 363 g/mol. The van der Waals surface area contributed by atoms with Gasteiger partial charge in [0.2, 0.25) is 5.91 Å². The number of para-hydroxylation sites is 1. The second-order valence-electron chi connectivity index (χ2n) is 6.64. The molecule has 1 aliphatic heterocycles. The Morgan fingerprint density at radius 2 is 1.93 bits per heavy atom. The second kappa shape index (κ2) is 7.61. The van der Waals surface area contributed by atoms with E-state index < -0.39 is 0 Å². The molecule has 0 saturated carbocycles. The summed E-state index contributed by atoms with van der Waals surface area (Å²) >= 11 is 0. The second-order valence-corrected chi connectivity index (χ2v) is 6.64. The number of carbonyl (C=O) groups excluding carboxylic acids is 2. The third-order valence-corrected chi connectivity index (χ3v) is 4.82. The summed E-state index contributed by atoms with van der Waals surface area (Å²) in [6, 6.07) is 12.8. The molecule has 3 heterocycles. The van der Waals surface area contributed by atoms with Crippen molar-refractivity contribution in [2.45, 2.75) is 19.3 Å². The van der Waals surface area contributed by atoms with Crippen LogP contribution in [0.3, 0.4) is 0 Å². The van der Waals surface area contributed by atoms with Crippen LogP contribution in [0.2, 0.25) is 0 Å². The van der Waals surface area contributed by atoms with Crippen LogP contribution in [0, 0.1) is 0 Å². The molecule has 1 N–H and O–H groups in total. The van der Waals surface area contributed by atoms with Gasteiger partial charge in [0.15, 0.2) is 5.76 Å². The number of carbonyl (C=O) groups is 2. The first-order valence-corrected chi connectivity index (χ1v) is 9.22. The van der Waals surface area contributed by atoms with Gasteiger partial charge in [0.25, 0.3) is 5.91 Å². The highest BCUT2D eigenvalue weighted by Crippen LogP contribution is 2.25. The predicted molar refractivity (Wildman–Crippen MR) is 102 cm³/mol. The molecule has 27 heavy (non-hydrogen) atoms. The molecule has 0 radical (unpaired) electrons. The number of amides is 2. The fourth-order valence-corrected chi connectivity index (χ4v) is 3.42. The number of hydrogen-bond acceptors (Lipinski definition) is 4. The summed E-state index contributed by atoms with van der Waals surface area (Å²) in [6.45, 7) is 1.98. The van der Waals surface area contributed by atoms with Crippen LogP contribution >= 0.6 is 0 Å². The molecular formula is C21H21N3O3. The molecule has 6 nitrogen and oxygen atoms in total. The van der Waals surface area contributed by atoms with E-state index in [-0.39, 0.29) is 11.8 Å². The SMILES string of the molecule is O=C(NCCC(=O)N1CCCC1)c1cc(-c2ccco2)nc2ccccc12. The van der Waals surface area contributed by atoms with Gasteiger partial charge in [0.05, 0.1) is 17.3 Å². The molecule has 0 aliphatic carbocycles. The molecule has 6 heteroatoms. The van der Waals surface area contributed by atoms with Crippen LogP contribution in [-0.4, -0.2) is 41.3 Å². The highest BCUT2D eigenvalue weighted by Gasteiger charge is 2.18. The summed E-state index contributed by atoms with van der Waals surface area (Å²) in [5, 5.41) is 3.65. The molecular weight excluding hydrogens is 342 g/mol.